The molecule has 0 aliphatic heterocycles. The monoisotopic (exact) mass is 215 g/mol. The third-order valence-corrected chi connectivity index (χ3v) is 2.49. The van der Waals surface area contributed by atoms with Gasteiger partial charge in [0, 0.05) is 6.42 Å². The standard InChI is InChI=1S/C11H21NOS/c1-4-7-12(8-5-2)10(3)11(13)6-9-14/h9-10H,4-8H2,1-3H3/t10-/m1/s1. The molecule has 0 saturated carbocycles. The van der Waals surface area contributed by atoms with Gasteiger partial charge in [0.2, 0.25) is 0 Å². The summed E-state index contributed by atoms with van der Waals surface area (Å²) in [6.45, 7) is 8.25. The van der Waals surface area contributed by atoms with Gasteiger partial charge in [0.1, 0.15) is 0 Å². The predicted molar refractivity (Wildman–Crippen MR) is 64.9 cm³/mol. The first-order valence-electron chi connectivity index (χ1n) is 5.37. The molecule has 0 amide bonds. The van der Waals surface area contributed by atoms with Gasteiger partial charge in [-0.3, -0.25) is 9.69 Å². The van der Waals surface area contributed by atoms with Crippen molar-refractivity contribution < 1.29 is 4.79 Å². The summed E-state index contributed by atoms with van der Waals surface area (Å²) in [5.74, 6) is 0.238. The van der Waals surface area contributed by atoms with Crippen molar-refractivity contribution in [3.63, 3.8) is 0 Å². The molecule has 0 fully saturated rings. The molecule has 82 valence electrons. The molecule has 3 heteroatoms. The van der Waals surface area contributed by atoms with Crippen LogP contribution in [-0.2, 0) is 4.79 Å². The van der Waals surface area contributed by atoms with Crippen LogP contribution in [0.25, 0.3) is 0 Å². The minimum absolute atomic E-state index is 0.0223. The highest BCUT2D eigenvalue weighted by Gasteiger charge is 2.18. The van der Waals surface area contributed by atoms with Gasteiger partial charge < -0.3 is 0 Å². The van der Waals surface area contributed by atoms with Gasteiger partial charge in [0.15, 0.2) is 5.78 Å². The molecule has 0 heterocycles. The van der Waals surface area contributed by atoms with Gasteiger partial charge >= 0.3 is 0 Å². The van der Waals surface area contributed by atoms with Crippen LogP contribution in [-0.4, -0.2) is 35.2 Å². The molecule has 0 unspecified atom stereocenters. The van der Waals surface area contributed by atoms with Crippen LogP contribution in [0, 0.1) is 0 Å². The van der Waals surface area contributed by atoms with Crippen LogP contribution >= 0.6 is 12.2 Å². The van der Waals surface area contributed by atoms with Crippen molar-refractivity contribution in [3.8, 4) is 0 Å². The number of hydrogen-bond acceptors (Lipinski definition) is 3. The zero-order valence-electron chi connectivity index (χ0n) is 9.45. The highest BCUT2D eigenvalue weighted by molar-refractivity contribution is 7.79. The summed E-state index contributed by atoms with van der Waals surface area (Å²) in [4.78, 5) is 13.8. The molecule has 14 heavy (non-hydrogen) atoms. The number of rotatable bonds is 8. The fraction of sp³-hybridized carbons (Fsp3) is 0.818. The van der Waals surface area contributed by atoms with Crippen LogP contribution in [0.4, 0.5) is 0 Å². The van der Waals surface area contributed by atoms with Gasteiger partial charge in [-0.15, -0.1) is 0 Å². The van der Waals surface area contributed by atoms with Crippen molar-refractivity contribution in [1.29, 1.82) is 0 Å². The molecule has 0 radical (unpaired) electrons. The summed E-state index contributed by atoms with van der Waals surface area (Å²) < 4.78 is 0. The topological polar surface area (TPSA) is 20.3 Å². The SMILES string of the molecule is CCCN(CCC)[C@H](C)C(=O)CC=S. The lowest BCUT2D eigenvalue weighted by Crippen LogP contribution is -2.40. The molecule has 0 aromatic carbocycles. The third-order valence-electron chi connectivity index (χ3n) is 2.32. The quantitative estimate of drug-likeness (QED) is 0.580. The van der Waals surface area contributed by atoms with Crippen molar-refractivity contribution in [2.45, 2.75) is 46.1 Å². The van der Waals surface area contributed by atoms with Crippen LogP contribution in [0.2, 0.25) is 0 Å². The zero-order valence-corrected chi connectivity index (χ0v) is 10.3. The Morgan fingerprint density at radius 2 is 1.86 bits per heavy atom. The first kappa shape index (κ1) is 13.7. The van der Waals surface area contributed by atoms with Gasteiger partial charge in [-0.05, 0) is 38.2 Å². The largest absolute Gasteiger partial charge is 0.298 e. The van der Waals surface area contributed by atoms with Crippen LogP contribution in [0.15, 0.2) is 0 Å². The highest BCUT2D eigenvalue weighted by Crippen LogP contribution is 2.04. The van der Waals surface area contributed by atoms with Crippen molar-refractivity contribution >= 4 is 23.4 Å². The summed E-state index contributed by atoms with van der Waals surface area (Å²) in [6, 6.07) is 0.0223. The Morgan fingerprint density at radius 1 is 1.36 bits per heavy atom. The molecule has 0 aromatic heterocycles. The van der Waals surface area contributed by atoms with Gasteiger partial charge in [-0.25, -0.2) is 0 Å². The average molecular weight is 215 g/mol. The van der Waals surface area contributed by atoms with E-state index in [4.69, 9.17) is 12.2 Å². The highest BCUT2D eigenvalue weighted by atomic mass is 32.1. The molecule has 0 spiro atoms. The number of carbonyl (C=O) groups is 1. The summed E-state index contributed by atoms with van der Waals surface area (Å²) in [6.07, 6.45) is 2.60. The van der Waals surface area contributed by atoms with E-state index in [1.54, 1.807) is 0 Å². The third kappa shape index (κ3) is 4.82. The minimum Gasteiger partial charge on any atom is -0.298 e. The molecule has 0 saturated heterocycles. The normalized spacial score (nSPS) is 12.9. The molecule has 0 aliphatic rings. The molecular weight excluding hydrogens is 194 g/mol. The summed E-state index contributed by atoms with van der Waals surface area (Å²) in [5, 5.41) is 1.52. The second kappa shape index (κ2) is 8.06. The number of Topliss-reactive ketones (excluding diaryl/α,β-unsaturated/α-hetero) is 1. The number of thiocarbonyl (C=S) groups is 1. The maximum atomic E-state index is 11.6. The van der Waals surface area contributed by atoms with E-state index in [0.29, 0.717) is 6.42 Å². The fourth-order valence-electron chi connectivity index (χ4n) is 1.53. The maximum absolute atomic E-state index is 11.6. The number of carbonyl (C=O) groups excluding carboxylic acids is 1. The molecule has 0 aliphatic carbocycles. The first-order valence-corrected chi connectivity index (χ1v) is 5.84. The number of ketones is 1. The maximum Gasteiger partial charge on any atom is 0.154 e. The second-order valence-electron chi connectivity index (χ2n) is 3.55. The average Bonchev–Trinajstić information content (AvgIpc) is 2.17. The molecular formula is C11H21NOS. The molecule has 0 aromatic rings. The van der Waals surface area contributed by atoms with Crippen LogP contribution < -0.4 is 0 Å². The van der Waals surface area contributed by atoms with Gasteiger partial charge in [0.25, 0.3) is 0 Å². The summed E-state index contributed by atoms with van der Waals surface area (Å²) >= 11 is 4.70. The Bertz CT molecular complexity index is 176. The van der Waals surface area contributed by atoms with E-state index in [9.17, 15) is 4.79 Å². The second-order valence-corrected chi connectivity index (χ2v) is 3.88. The van der Waals surface area contributed by atoms with E-state index in [2.05, 4.69) is 18.7 Å². The van der Waals surface area contributed by atoms with E-state index in [1.165, 1.54) is 5.37 Å². The lowest BCUT2D eigenvalue weighted by molar-refractivity contribution is -0.122. The van der Waals surface area contributed by atoms with Crippen molar-refractivity contribution in [2.24, 2.45) is 0 Å². The van der Waals surface area contributed by atoms with Crippen molar-refractivity contribution in [2.75, 3.05) is 13.1 Å². The Kier molecular flexibility index (Phi) is 7.90. The lowest BCUT2D eigenvalue weighted by Gasteiger charge is -2.26. The first-order chi connectivity index (χ1) is 6.67. The van der Waals surface area contributed by atoms with E-state index in [0.717, 1.165) is 25.9 Å². The van der Waals surface area contributed by atoms with Crippen molar-refractivity contribution in [1.82, 2.24) is 4.90 Å². The molecule has 2 nitrogen and oxygen atoms in total. The van der Waals surface area contributed by atoms with E-state index in [1.807, 2.05) is 6.92 Å². The molecule has 0 bridgehead atoms. The number of hydrogen-bond donors (Lipinski definition) is 0. The summed E-state index contributed by atoms with van der Waals surface area (Å²) in [7, 11) is 0. The van der Waals surface area contributed by atoms with Crippen LogP contribution in [0.1, 0.15) is 40.0 Å². The Labute approximate surface area is 92.7 Å². The summed E-state index contributed by atoms with van der Waals surface area (Å²) in [5.41, 5.74) is 0. The lowest BCUT2D eigenvalue weighted by atomic mass is 10.1. The van der Waals surface area contributed by atoms with Gasteiger partial charge in [-0.2, -0.15) is 0 Å². The number of nitrogens with zero attached hydrogens (tertiary/aromatic N) is 1. The molecule has 0 N–H and O–H groups in total. The van der Waals surface area contributed by atoms with Gasteiger partial charge in [0.05, 0.1) is 6.04 Å². The smallest absolute Gasteiger partial charge is 0.154 e. The Balaban J connectivity index is 4.17. The van der Waals surface area contributed by atoms with E-state index >= 15 is 0 Å². The minimum atomic E-state index is 0.0223. The Hall–Kier alpha value is -0.280. The Morgan fingerprint density at radius 3 is 2.21 bits per heavy atom. The van der Waals surface area contributed by atoms with Crippen LogP contribution in [0.5, 0.6) is 0 Å². The molecule has 1 atom stereocenters. The predicted octanol–water partition coefficient (Wildman–Crippen LogP) is 2.46. The van der Waals surface area contributed by atoms with Gasteiger partial charge in [-0.1, -0.05) is 26.1 Å². The van der Waals surface area contributed by atoms with E-state index < -0.39 is 0 Å². The van der Waals surface area contributed by atoms with Crippen LogP contribution in [0.3, 0.4) is 0 Å². The van der Waals surface area contributed by atoms with E-state index in [-0.39, 0.29) is 11.8 Å². The fourth-order valence-corrected chi connectivity index (χ4v) is 1.69. The van der Waals surface area contributed by atoms with Crippen molar-refractivity contribution in [3.05, 3.63) is 0 Å². The zero-order chi connectivity index (χ0) is 11.0. The molecule has 0 rings (SSSR count).